The van der Waals surface area contributed by atoms with E-state index >= 15 is 0 Å². The minimum atomic E-state index is -0.828. The first-order chi connectivity index (χ1) is 9.65. The van der Waals surface area contributed by atoms with E-state index in [1.165, 1.54) is 11.6 Å². The van der Waals surface area contributed by atoms with Crippen LogP contribution in [0.3, 0.4) is 0 Å². The van der Waals surface area contributed by atoms with E-state index in [-0.39, 0.29) is 11.7 Å². The van der Waals surface area contributed by atoms with Gasteiger partial charge >= 0.3 is 0 Å². The molecule has 0 amide bonds. The largest absolute Gasteiger partial charge is 0.376 e. The maximum absolute atomic E-state index is 13.7. The standard InChI is InChI=1S/C17H19F2N/c1-3-12-8-10-13(11-9-12)15(4-2)20-16-7-5-6-14(18)17(16)19/h5-11,15,20H,3-4H2,1-2H3. The van der Waals surface area contributed by atoms with Gasteiger partial charge in [0.25, 0.3) is 0 Å². The van der Waals surface area contributed by atoms with Crippen molar-refractivity contribution >= 4 is 5.69 Å². The summed E-state index contributed by atoms with van der Waals surface area (Å²) < 4.78 is 26.9. The van der Waals surface area contributed by atoms with Crippen molar-refractivity contribution in [2.24, 2.45) is 0 Å². The van der Waals surface area contributed by atoms with Crippen LogP contribution in [-0.4, -0.2) is 0 Å². The third kappa shape index (κ3) is 3.16. The van der Waals surface area contributed by atoms with Gasteiger partial charge < -0.3 is 5.32 Å². The molecule has 0 fully saturated rings. The lowest BCUT2D eigenvalue weighted by Gasteiger charge is -2.19. The molecule has 0 spiro atoms. The van der Waals surface area contributed by atoms with E-state index in [9.17, 15) is 8.78 Å². The van der Waals surface area contributed by atoms with Gasteiger partial charge in [0.2, 0.25) is 0 Å². The van der Waals surface area contributed by atoms with Crippen molar-refractivity contribution in [3.05, 3.63) is 65.2 Å². The number of aryl methyl sites for hydroxylation is 1. The maximum Gasteiger partial charge on any atom is 0.181 e. The van der Waals surface area contributed by atoms with Crippen LogP contribution >= 0.6 is 0 Å². The lowest BCUT2D eigenvalue weighted by molar-refractivity contribution is 0.509. The number of rotatable bonds is 5. The average Bonchev–Trinajstić information content (AvgIpc) is 2.49. The molecular formula is C17H19F2N. The van der Waals surface area contributed by atoms with Crippen molar-refractivity contribution in [3.8, 4) is 0 Å². The van der Waals surface area contributed by atoms with E-state index in [0.717, 1.165) is 24.5 Å². The Balaban J connectivity index is 2.21. The molecule has 2 rings (SSSR count). The van der Waals surface area contributed by atoms with Crippen molar-refractivity contribution in [2.45, 2.75) is 32.7 Å². The molecule has 2 aromatic carbocycles. The highest BCUT2D eigenvalue weighted by Gasteiger charge is 2.13. The number of hydrogen-bond acceptors (Lipinski definition) is 1. The third-order valence-corrected chi connectivity index (χ3v) is 3.48. The highest BCUT2D eigenvalue weighted by atomic mass is 19.2. The summed E-state index contributed by atoms with van der Waals surface area (Å²) in [7, 11) is 0. The fraction of sp³-hybridized carbons (Fsp3) is 0.294. The van der Waals surface area contributed by atoms with Gasteiger partial charge in [-0.2, -0.15) is 0 Å². The molecule has 0 radical (unpaired) electrons. The molecule has 1 unspecified atom stereocenters. The topological polar surface area (TPSA) is 12.0 Å². The molecule has 0 saturated carbocycles. The second-order valence-electron chi connectivity index (χ2n) is 4.80. The minimum absolute atomic E-state index is 0.0304. The Bertz CT molecular complexity index is 564. The second-order valence-corrected chi connectivity index (χ2v) is 4.80. The van der Waals surface area contributed by atoms with Gasteiger partial charge in [-0.25, -0.2) is 8.78 Å². The predicted molar refractivity (Wildman–Crippen MR) is 78.8 cm³/mol. The highest BCUT2D eigenvalue weighted by Crippen LogP contribution is 2.25. The number of hydrogen-bond donors (Lipinski definition) is 1. The molecule has 1 N–H and O–H groups in total. The van der Waals surface area contributed by atoms with E-state index in [1.807, 2.05) is 19.1 Å². The molecule has 0 aliphatic carbocycles. The molecular weight excluding hydrogens is 256 g/mol. The Morgan fingerprint density at radius 2 is 1.70 bits per heavy atom. The van der Waals surface area contributed by atoms with Crippen LogP contribution in [-0.2, 0) is 6.42 Å². The fourth-order valence-corrected chi connectivity index (χ4v) is 2.21. The van der Waals surface area contributed by atoms with Crippen LogP contribution < -0.4 is 5.32 Å². The van der Waals surface area contributed by atoms with Crippen molar-refractivity contribution in [1.82, 2.24) is 0 Å². The Hall–Kier alpha value is -1.90. The minimum Gasteiger partial charge on any atom is -0.376 e. The van der Waals surface area contributed by atoms with Crippen molar-refractivity contribution < 1.29 is 8.78 Å². The van der Waals surface area contributed by atoms with E-state index in [1.54, 1.807) is 6.07 Å². The molecule has 106 valence electrons. The Labute approximate surface area is 118 Å². The van der Waals surface area contributed by atoms with Crippen LogP contribution in [0.15, 0.2) is 42.5 Å². The molecule has 0 heterocycles. The summed E-state index contributed by atoms with van der Waals surface area (Å²) in [6.07, 6.45) is 1.78. The number of benzene rings is 2. The summed E-state index contributed by atoms with van der Waals surface area (Å²) in [6.45, 7) is 4.12. The van der Waals surface area contributed by atoms with Gasteiger partial charge in [-0.15, -0.1) is 0 Å². The van der Waals surface area contributed by atoms with Gasteiger partial charge in [-0.3, -0.25) is 0 Å². The molecule has 0 bridgehead atoms. The Morgan fingerprint density at radius 1 is 1.00 bits per heavy atom. The second kappa shape index (κ2) is 6.51. The predicted octanol–water partition coefficient (Wildman–Crippen LogP) is 5.09. The van der Waals surface area contributed by atoms with Crippen molar-refractivity contribution in [1.29, 1.82) is 0 Å². The average molecular weight is 275 g/mol. The van der Waals surface area contributed by atoms with Crippen LogP contribution in [0.4, 0.5) is 14.5 Å². The Kier molecular flexibility index (Phi) is 4.72. The lowest BCUT2D eigenvalue weighted by atomic mass is 10.0. The fourth-order valence-electron chi connectivity index (χ4n) is 2.21. The molecule has 1 atom stereocenters. The molecule has 3 heteroatoms. The first-order valence-corrected chi connectivity index (χ1v) is 6.95. The smallest absolute Gasteiger partial charge is 0.181 e. The number of anilines is 1. The van der Waals surface area contributed by atoms with E-state index in [0.29, 0.717) is 0 Å². The zero-order chi connectivity index (χ0) is 14.5. The zero-order valence-electron chi connectivity index (χ0n) is 11.8. The first kappa shape index (κ1) is 14.5. The van der Waals surface area contributed by atoms with E-state index in [2.05, 4.69) is 24.4 Å². The van der Waals surface area contributed by atoms with Gasteiger partial charge in [0, 0.05) is 0 Å². The van der Waals surface area contributed by atoms with Crippen LogP contribution in [0.1, 0.15) is 37.4 Å². The van der Waals surface area contributed by atoms with Gasteiger partial charge in [0.05, 0.1) is 11.7 Å². The molecule has 1 nitrogen and oxygen atoms in total. The van der Waals surface area contributed by atoms with E-state index in [4.69, 9.17) is 0 Å². The molecule has 2 aromatic rings. The molecule has 20 heavy (non-hydrogen) atoms. The lowest BCUT2D eigenvalue weighted by Crippen LogP contribution is -2.11. The van der Waals surface area contributed by atoms with Crippen molar-refractivity contribution in [2.75, 3.05) is 5.32 Å². The zero-order valence-corrected chi connectivity index (χ0v) is 11.8. The summed E-state index contributed by atoms with van der Waals surface area (Å²) in [5.41, 5.74) is 2.55. The van der Waals surface area contributed by atoms with Crippen molar-refractivity contribution in [3.63, 3.8) is 0 Å². The maximum atomic E-state index is 13.7. The Morgan fingerprint density at radius 3 is 2.30 bits per heavy atom. The highest BCUT2D eigenvalue weighted by molar-refractivity contribution is 5.47. The quantitative estimate of drug-likeness (QED) is 0.801. The summed E-state index contributed by atoms with van der Waals surface area (Å²) in [5, 5.41) is 3.08. The summed E-state index contributed by atoms with van der Waals surface area (Å²) in [4.78, 5) is 0. The molecule has 0 aromatic heterocycles. The molecule has 0 aliphatic rings. The monoisotopic (exact) mass is 275 g/mol. The van der Waals surface area contributed by atoms with E-state index < -0.39 is 11.6 Å². The van der Waals surface area contributed by atoms with Crippen LogP contribution in [0.2, 0.25) is 0 Å². The SMILES string of the molecule is CCc1ccc(C(CC)Nc2cccc(F)c2F)cc1. The summed E-state index contributed by atoms with van der Waals surface area (Å²) in [5.74, 6) is -1.65. The van der Waals surface area contributed by atoms with Gasteiger partial charge in [0.15, 0.2) is 11.6 Å². The number of halogens is 2. The third-order valence-electron chi connectivity index (χ3n) is 3.48. The van der Waals surface area contributed by atoms with Gasteiger partial charge in [0.1, 0.15) is 0 Å². The van der Waals surface area contributed by atoms with Crippen LogP contribution in [0, 0.1) is 11.6 Å². The van der Waals surface area contributed by atoms with Crippen LogP contribution in [0.25, 0.3) is 0 Å². The normalized spacial score (nSPS) is 12.2. The molecule has 0 aliphatic heterocycles. The summed E-state index contributed by atoms with van der Waals surface area (Å²) in [6, 6.07) is 12.4. The molecule has 0 saturated heterocycles. The van der Waals surface area contributed by atoms with Crippen LogP contribution in [0.5, 0.6) is 0 Å². The first-order valence-electron chi connectivity index (χ1n) is 6.95. The summed E-state index contributed by atoms with van der Waals surface area (Å²) >= 11 is 0. The van der Waals surface area contributed by atoms with Gasteiger partial charge in [-0.05, 0) is 36.1 Å². The number of nitrogens with one attached hydrogen (secondary N) is 1. The van der Waals surface area contributed by atoms with Gasteiger partial charge in [-0.1, -0.05) is 44.2 Å².